The predicted octanol–water partition coefficient (Wildman–Crippen LogP) is 7.13. The molecule has 0 spiro atoms. The van der Waals surface area contributed by atoms with E-state index in [-0.39, 0.29) is 5.91 Å². The van der Waals surface area contributed by atoms with Crippen LogP contribution in [0.5, 0.6) is 0 Å². The number of carbonyl (C=O) groups excluding carboxylic acids is 3. The third-order valence-corrected chi connectivity index (χ3v) is 8.36. The minimum atomic E-state index is -1.26. The van der Waals surface area contributed by atoms with E-state index in [1.165, 1.54) is 22.7 Å². The zero-order valence-electron chi connectivity index (χ0n) is 23.6. The number of aromatic nitrogens is 2. The normalized spacial score (nSPS) is 10.8. The molecule has 3 amide bonds. The predicted molar refractivity (Wildman–Crippen MR) is 180 cm³/mol. The van der Waals surface area contributed by atoms with Crippen molar-refractivity contribution in [1.29, 1.82) is 0 Å². The van der Waals surface area contributed by atoms with E-state index in [9.17, 15) is 14.4 Å². The number of hydrogen-bond donors (Lipinski definition) is 4. The number of nitrogens with two attached hydrogens (primary N) is 1. The summed E-state index contributed by atoms with van der Waals surface area (Å²) in [6.45, 7) is 0. The van der Waals surface area contributed by atoms with Crippen molar-refractivity contribution in [3.8, 4) is 22.5 Å². The minimum absolute atomic E-state index is 0.335. The van der Waals surface area contributed by atoms with Gasteiger partial charge in [0.15, 0.2) is 10.3 Å². The van der Waals surface area contributed by atoms with Gasteiger partial charge in [-0.15, -0.1) is 22.7 Å². The monoisotopic (exact) mass is 630 g/mol. The van der Waals surface area contributed by atoms with Crippen LogP contribution in [0.2, 0.25) is 0 Å². The van der Waals surface area contributed by atoms with Gasteiger partial charge in [-0.05, 0) is 29.8 Å². The highest BCUT2D eigenvalue weighted by molar-refractivity contribution is 7.14. The van der Waals surface area contributed by atoms with E-state index in [4.69, 9.17) is 5.73 Å². The Morgan fingerprint density at radius 1 is 0.600 bits per heavy atom. The first kappa shape index (κ1) is 29.4. The summed E-state index contributed by atoms with van der Waals surface area (Å²) >= 11 is 2.52. The molecule has 2 heterocycles. The van der Waals surface area contributed by atoms with Crippen LogP contribution >= 0.6 is 22.7 Å². The largest absolute Gasteiger partial charge is 0.397 e. The van der Waals surface area contributed by atoms with Crippen LogP contribution in [0.25, 0.3) is 22.5 Å². The van der Waals surface area contributed by atoms with Crippen molar-refractivity contribution >= 4 is 62.0 Å². The third kappa shape index (κ3) is 6.96. The molecule has 0 radical (unpaired) electrons. The molecule has 6 aromatic rings. The molecule has 0 aliphatic carbocycles. The fraction of sp³-hybridized carbons (Fsp3) is 0.0294. The first-order valence-electron chi connectivity index (χ1n) is 13.8. The molecule has 0 aliphatic rings. The van der Waals surface area contributed by atoms with Gasteiger partial charge >= 0.3 is 0 Å². The van der Waals surface area contributed by atoms with Gasteiger partial charge in [0.25, 0.3) is 5.91 Å². The van der Waals surface area contributed by atoms with E-state index in [1.807, 2.05) is 71.4 Å². The molecule has 6 rings (SSSR count). The van der Waals surface area contributed by atoms with E-state index in [0.29, 0.717) is 44.2 Å². The first-order chi connectivity index (χ1) is 21.9. The van der Waals surface area contributed by atoms with Crippen molar-refractivity contribution in [3.63, 3.8) is 0 Å². The van der Waals surface area contributed by atoms with Crippen molar-refractivity contribution in [3.05, 3.63) is 131 Å². The number of nitrogens with zero attached hydrogens (tertiary/aromatic N) is 2. The summed E-state index contributed by atoms with van der Waals surface area (Å²) in [5.74, 6) is -2.79. The van der Waals surface area contributed by atoms with Crippen molar-refractivity contribution < 1.29 is 14.4 Å². The zero-order valence-corrected chi connectivity index (χ0v) is 25.3. The summed E-state index contributed by atoms with van der Waals surface area (Å²) in [6, 6.07) is 32.4. The van der Waals surface area contributed by atoms with Crippen LogP contribution in [0, 0.1) is 0 Å². The van der Waals surface area contributed by atoms with Gasteiger partial charge in [0.1, 0.15) is 5.92 Å². The number of anilines is 4. The highest BCUT2D eigenvalue weighted by Crippen LogP contribution is 2.29. The highest BCUT2D eigenvalue weighted by atomic mass is 32.1. The number of thiazole rings is 2. The van der Waals surface area contributed by atoms with Gasteiger partial charge in [-0.1, -0.05) is 84.9 Å². The molecule has 11 heteroatoms. The maximum absolute atomic E-state index is 13.7. The maximum Gasteiger partial charge on any atom is 0.255 e. The topological polar surface area (TPSA) is 139 Å². The molecule has 0 aliphatic heterocycles. The van der Waals surface area contributed by atoms with Gasteiger partial charge in [0.05, 0.1) is 22.8 Å². The Labute approximate surface area is 266 Å². The van der Waals surface area contributed by atoms with Gasteiger partial charge in [0, 0.05) is 27.5 Å². The lowest BCUT2D eigenvalue weighted by Gasteiger charge is -2.16. The smallest absolute Gasteiger partial charge is 0.255 e. The summed E-state index contributed by atoms with van der Waals surface area (Å²) in [5.41, 5.74) is 10.8. The average molecular weight is 631 g/mol. The number of nitrogen functional groups attached to an aromatic ring is 1. The molecule has 4 aromatic carbocycles. The van der Waals surface area contributed by atoms with Gasteiger partial charge < -0.3 is 21.7 Å². The van der Waals surface area contributed by atoms with Crippen molar-refractivity contribution in [2.45, 2.75) is 5.92 Å². The fourth-order valence-electron chi connectivity index (χ4n) is 4.55. The minimum Gasteiger partial charge on any atom is -0.397 e. The van der Waals surface area contributed by atoms with E-state index in [0.717, 1.165) is 11.1 Å². The molecular weight excluding hydrogens is 605 g/mol. The fourth-order valence-corrected chi connectivity index (χ4v) is 6.00. The molecule has 5 N–H and O–H groups in total. The number of nitrogens with one attached hydrogen (secondary N) is 3. The van der Waals surface area contributed by atoms with Gasteiger partial charge in [0.2, 0.25) is 11.8 Å². The number of rotatable bonds is 9. The molecule has 0 saturated heterocycles. The molecular formula is C34H26N6O3S2. The Balaban J connectivity index is 1.24. The molecule has 0 unspecified atom stereocenters. The van der Waals surface area contributed by atoms with Crippen LogP contribution in [-0.2, 0) is 9.59 Å². The Morgan fingerprint density at radius 2 is 1.09 bits per heavy atom. The number of carbonyl (C=O) groups is 3. The van der Waals surface area contributed by atoms with Crippen LogP contribution in [0.15, 0.2) is 120 Å². The second-order valence-electron chi connectivity index (χ2n) is 9.88. The molecule has 0 atom stereocenters. The summed E-state index contributed by atoms with van der Waals surface area (Å²) in [4.78, 5) is 49.4. The van der Waals surface area contributed by atoms with Crippen LogP contribution < -0.4 is 21.7 Å². The molecule has 2 aromatic heterocycles. The van der Waals surface area contributed by atoms with Crippen molar-refractivity contribution in [2.75, 3.05) is 21.7 Å². The summed E-state index contributed by atoms with van der Waals surface area (Å²) in [7, 11) is 0. The summed E-state index contributed by atoms with van der Waals surface area (Å²) in [6.07, 6.45) is 0. The highest BCUT2D eigenvalue weighted by Gasteiger charge is 2.30. The quantitative estimate of drug-likeness (QED) is 0.0990. The lowest BCUT2D eigenvalue weighted by atomic mass is 9.96. The molecule has 0 bridgehead atoms. The molecule has 9 nitrogen and oxygen atoms in total. The van der Waals surface area contributed by atoms with E-state index < -0.39 is 17.7 Å². The molecule has 45 heavy (non-hydrogen) atoms. The Kier molecular flexibility index (Phi) is 8.72. The average Bonchev–Trinajstić information content (AvgIpc) is 3.73. The lowest BCUT2D eigenvalue weighted by Crippen LogP contribution is -2.32. The zero-order chi connectivity index (χ0) is 31.2. The standard InChI is InChI=1S/C34H26N6O3S2/c35-25-13-7-8-14-26(25)36-30(41)24-17-15-23(16-18-24)29(31(42)39-33-37-27(19-44-33)21-9-3-1-4-10-21)32(43)40-34-38-28(20-45-34)22-11-5-2-6-12-22/h1-20,29H,35H2,(H,36,41)(H,37,39,42)(H,38,40,43). The van der Waals surface area contributed by atoms with Crippen LogP contribution in [0.4, 0.5) is 21.6 Å². The second kappa shape index (κ2) is 13.3. The van der Waals surface area contributed by atoms with Gasteiger partial charge in [-0.3, -0.25) is 14.4 Å². The Bertz CT molecular complexity index is 1870. The van der Waals surface area contributed by atoms with E-state index in [2.05, 4.69) is 25.9 Å². The second-order valence-corrected chi connectivity index (χ2v) is 11.6. The number of benzene rings is 4. The molecule has 0 saturated carbocycles. The lowest BCUT2D eigenvalue weighted by molar-refractivity contribution is -0.125. The summed E-state index contributed by atoms with van der Waals surface area (Å²) < 4.78 is 0. The van der Waals surface area contributed by atoms with Gasteiger partial charge in [-0.2, -0.15) is 0 Å². The van der Waals surface area contributed by atoms with E-state index in [1.54, 1.807) is 48.5 Å². The third-order valence-electron chi connectivity index (χ3n) is 6.85. The SMILES string of the molecule is Nc1ccccc1NC(=O)c1ccc(C(C(=O)Nc2nc(-c3ccccc3)cs2)C(=O)Nc2nc(-c3ccccc3)cs2)cc1. The molecule has 222 valence electrons. The van der Waals surface area contributed by atoms with Crippen molar-refractivity contribution in [1.82, 2.24) is 9.97 Å². The van der Waals surface area contributed by atoms with Crippen molar-refractivity contribution in [2.24, 2.45) is 0 Å². The van der Waals surface area contributed by atoms with Gasteiger partial charge in [-0.25, -0.2) is 9.97 Å². The molecule has 0 fully saturated rings. The maximum atomic E-state index is 13.7. The van der Waals surface area contributed by atoms with E-state index >= 15 is 0 Å². The number of hydrogen-bond acceptors (Lipinski definition) is 8. The Morgan fingerprint density at radius 3 is 1.60 bits per heavy atom. The first-order valence-corrected chi connectivity index (χ1v) is 15.6. The van der Waals surface area contributed by atoms with Crippen LogP contribution in [0.1, 0.15) is 21.8 Å². The van der Waals surface area contributed by atoms with Crippen LogP contribution in [-0.4, -0.2) is 27.7 Å². The number of amides is 3. The number of para-hydroxylation sites is 2. The summed E-state index contributed by atoms with van der Waals surface area (Å²) in [5, 5.41) is 12.8. The van der Waals surface area contributed by atoms with Crippen LogP contribution in [0.3, 0.4) is 0 Å². The Hall–Kier alpha value is -5.65.